The molecule has 22 heavy (non-hydrogen) atoms. The monoisotopic (exact) mass is 290 g/mol. The zero-order chi connectivity index (χ0) is 15.4. The van der Waals surface area contributed by atoms with Gasteiger partial charge >= 0.3 is 11.9 Å². The van der Waals surface area contributed by atoms with E-state index in [9.17, 15) is 9.59 Å². The Labute approximate surface area is 126 Å². The number of carbonyl (C=O) groups excluding carboxylic acids is 2. The molecule has 2 aromatic carbocycles. The van der Waals surface area contributed by atoms with Gasteiger partial charge in [-0.1, -0.05) is 43.5 Å². The zero-order valence-electron chi connectivity index (χ0n) is 11.5. The highest BCUT2D eigenvalue weighted by molar-refractivity contribution is 6.11. The van der Waals surface area contributed by atoms with E-state index >= 15 is 0 Å². The van der Waals surface area contributed by atoms with Crippen molar-refractivity contribution in [3.63, 3.8) is 0 Å². The van der Waals surface area contributed by atoms with E-state index in [4.69, 9.17) is 9.47 Å². The van der Waals surface area contributed by atoms with Gasteiger partial charge in [0.15, 0.2) is 0 Å². The Morgan fingerprint density at radius 3 is 1.91 bits per heavy atom. The zero-order valence-corrected chi connectivity index (χ0v) is 11.5. The fraction of sp³-hybridized carbons (Fsp3) is 0. The first-order valence-electron chi connectivity index (χ1n) is 6.67. The fourth-order valence-corrected chi connectivity index (χ4v) is 2.91. The molecular weight excluding hydrogens is 280 g/mol. The van der Waals surface area contributed by atoms with Crippen LogP contribution in [0.5, 0.6) is 0 Å². The molecule has 0 fully saturated rings. The summed E-state index contributed by atoms with van der Waals surface area (Å²) < 4.78 is 10.2. The third kappa shape index (κ3) is 1.52. The molecule has 106 valence electrons. The van der Waals surface area contributed by atoms with E-state index in [1.807, 2.05) is 18.2 Å². The molecule has 0 spiro atoms. The number of benzene rings is 2. The number of ether oxygens (including phenoxy) is 2. The van der Waals surface area contributed by atoms with Crippen LogP contribution in [0.4, 0.5) is 0 Å². The van der Waals surface area contributed by atoms with Crippen molar-refractivity contribution in [1.29, 1.82) is 0 Å². The lowest BCUT2D eigenvalue weighted by molar-refractivity contribution is 0.0706. The largest absolute Gasteiger partial charge is 0.423 e. The summed E-state index contributed by atoms with van der Waals surface area (Å²) in [6.45, 7) is 7.52. The molecule has 0 unspecified atom stereocenters. The van der Waals surface area contributed by atoms with Crippen molar-refractivity contribution in [1.82, 2.24) is 0 Å². The molecule has 0 aliphatic carbocycles. The molecule has 0 atom stereocenters. The molecule has 2 aliphatic rings. The highest BCUT2D eigenvalue weighted by Crippen LogP contribution is 2.41. The summed E-state index contributed by atoms with van der Waals surface area (Å²) in [6, 6.07) is 10.7. The van der Waals surface area contributed by atoms with Gasteiger partial charge in [0.2, 0.25) is 0 Å². The van der Waals surface area contributed by atoms with Crippen molar-refractivity contribution < 1.29 is 19.1 Å². The summed E-state index contributed by atoms with van der Waals surface area (Å²) in [4.78, 5) is 23.9. The summed E-state index contributed by atoms with van der Waals surface area (Å²) in [7, 11) is 0. The standard InChI is InChI=1S/C18H10O4/c1-9-11-5-3-7-13(16(11)18(20)21-9)12-6-4-8-14-15(12)10(2)22-17(14)19/h3-8H,1-2H2. The molecule has 0 saturated carbocycles. The molecule has 0 bridgehead atoms. The van der Waals surface area contributed by atoms with Crippen molar-refractivity contribution in [3.8, 4) is 11.1 Å². The lowest BCUT2D eigenvalue weighted by Crippen LogP contribution is -1.99. The Bertz CT molecular complexity index is 830. The highest BCUT2D eigenvalue weighted by atomic mass is 16.5. The molecule has 0 saturated heterocycles. The SMILES string of the molecule is C=C1OC(=O)c2c1cccc2-c1cccc2c1C(=C)OC2=O. The molecule has 0 aromatic heterocycles. The van der Waals surface area contributed by atoms with Crippen LogP contribution < -0.4 is 0 Å². The Kier molecular flexibility index (Phi) is 2.39. The summed E-state index contributed by atoms with van der Waals surface area (Å²) in [5, 5.41) is 0. The van der Waals surface area contributed by atoms with Gasteiger partial charge in [-0.25, -0.2) is 9.59 Å². The van der Waals surface area contributed by atoms with Crippen molar-refractivity contribution in [2.75, 3.05) is 0 Å². The van der Waals surface area contributed by atoms with Gasteiger partial charge in [0.25, 0.3) is 0 Å². The van der Waals surface area contributed by atoms with E-state index in [0.29, 0.717) is 39.3 Å². The first kappa shape index (κ1) is 12.6. The van der Waals surface area contributed by atoms with Crippen molar-refractivity contribution in [2.24, 2.45) is 0 Å². The Morgan fingerprint density at radius 1 is 0.636 bits per heavy atom. The second kappa shape index (κ2) is 4.18. The van der Waals surface area contributed by atoms with Crippen LogP contribution >= 0.6 is 0 Å². The van der Waals surface area contributed by atoms with Gasteiger partial charge in [-0.15, -0.1) is 0 Å². The summed E-state index contributed by atoms with van der Waals surface area (Å²) in [5.74, 6) is -0.246. The van der Waals surface area contributed by atoms with Gasteiger partial charge in [-0.2, -0.15) is 0 Å². The molecule has 0 amide bonds. The number of rotatable bonds is 1. The molecule has 0 radical (unpaired) electrons. The third-order valence-corrected chi connectivity index (χ3v) is 3.85. The lowest BCUT2D eigenvalue weighted by Gasteiger charge is -2.09. The van der Waals surface area contributed by atoms with Crippen LogP contribution in [0.3, 0.4) is 0 Å². The molecule has 2 aromatic rings. The van der Waals surface area contributed by atoms with Gasteiger partial charge in [-0.05, 0) is 17.2 Å². The van der Waals surface area contributed by atoms with E-state index in [2.05, 4.69) is 13.2 Å². The van der Waals surface area contributed by atoms with E-state index < -0.39 is 11.9 Å². The lowest BCUT2D eigenvalue weighted by atomic mass is 9.91. The first-order chi connectivity index (χ1) is 10.6. The van der Waals surface area contributed by atoms with E-state index in [1.54, 1.807) is 18.2 Å². The summed E-state index contributed by atoms with van der Waals surface area (Å²) >= 11 is 0. The average Bonchev–Trinajstić information content (AvgIpc) is 2.97. The Balaban J connectivity index is 2.04. The minimum atomic E-state index is -0.441. The topological polar surface area (TPSA) is 52.6 Å². The average molecular weight is 290 g/mol. The van der Waals surface area contributed by atoms with Crippen LogP contribution in [0, 0.1) is 0 Å². The molecule has 0 N–H and O–H groups in total. The number of carbonyl (C=O) groups is 2. The predicted octanol–water partition coefficient (Wildman–Crippen LogP) is 3.64. The normalized spacial score (nSPS) is 15.5. The van der Waals surface area contributed by atoms with Crippen molar-refractivity contribution in [2.45, 2.75) is 0 Å². The quantitative estimate of drug-likeness (QED) is 0.752. The van der Waals surface area contributed by atoms with Crippen LogP contribution in [0.2, 0.25) is 0 Å². The maximum Gasteiger partial charge on any atom is 0.344 e. The highest BCUT2D eigenvalue weighted by Gasteiger charge is 2.32. The molecule has 2 heterocycles. The third-order valence-electron chi connectivity index (χ3n) is 3.85. The molecule has 4 nitrogen and oxygen atoms in total. The number of fused-ring (bicyclic) bond motifs is 2. The van der Waals surface area contributed by atoms with E-state index in [0.717, 1.165) is 5.56 Å². The first-order valence-corrected chi connectivity index (χ1v) is 6.67. The van der Waals surface area contributed by atoms with Crippen molar-refractivity contribution >= 4 is 23.5 Å². The van der Waals surface area contributed by atoms with Crippen LogP contribution in [0.25, 0.3) is 22.6 Å². The van der Waals surface area contributed by atoms with Crippen LogP contribution in [0.15, 0.2) is 49.6 Å². The number of hydrogen-bond donors (Lipinski definition) is 0. The molecule has 4 rings (SSSR count). The van der Waals surface area contributed by atoms with E-state index in [-0.39, 0.29) is 0 Å². The number of cyclic esters (lactones) is 2. The number of esters is 2. The van der Waals surface area contributed by atoms with Crippen molar-refractivity contribution in [3.05, 3.63) is 71.8 Å². The minimum Gasteiger partial charge on any atom is -0.423 e. The maximum absolute atomic E-state index is 12.1. The minimum absolute atomic E-state index is 0.290. The Morgan fingerprint density at radius 2 is 1.18 bits per heavy atom. The van der Waals surface area contributed by atoms with Crippen LogP contribution in [0.1, 0.15) is 31.8 Å². The maximum atomic E-state index is 12.1. The molecule has 4 heteroatoms. The van der Waals surface area contributed by atoms with Gasteiger partial charge in [-0.3, -0.25) is 0 Å². The van der Waals surface area contributed by atoms with Gasteiger partial charge in [0.05, 0.1) is 11.1 Å². The fourth-order valence-electron chi connectivity index (χ4n) is 2.91. The van der Waals surface area contributed by atoms with Gasteiger partial charge in [0, 0.05) is 11.1 Å². The van der Waals surface area contributed by atoms with Gasteiger partial charge < -0.3 is 9.47 Å². The number of hydrogen-bond acceptors (Lipinski definition) is 4. The Hall–Kier alpha value is -3.14. The summed E-state index contributed by atoms with van der Waals surface area (Å²) in [6.07, 6.45) is 0. The second-order valence-electron chi connectivity index (χ2n) is 5.08. The van der Waals surface area contributed by atoms with Crippen LogP contribution in [-0.2, 0) is 9.47 Å². The van der Waals surface area contributed by atoms with Crippen LogP contribution in [-0.4, -0.2) is 11.9 Å². The van der Waals surface area contributed by atoms with E-state index in [1.165, 1.54) is 0 Å². The second-order valence-corrected chi connectivity index (χ2v) is 5.08. The molecule has 2 aliphatic heterocycles. The predicted molar refractivity (Wildman–Crippen MR) is 80.8 cm³/mol. The smallest absolute Gasteiger partial charge is 0.344 e. The summed E-state index contributed by atoms with van der Waals surface area (Å²) in [5.41, 5.74) is 3.58. The van der Waals surface area contributed by atoms with Gasteiger partial charge in [0.1, 0.15) is 11.5 Å². The molecular formula is C18H10O4.